The molecule has 30 heavy (non-hydrogen) atoms. The topological polar surface area (TPSA) is 75.2 Å². The number of nitrogens with one attached hydrogen (secondary N) is 2. The van der Waals surface area contributed by atoms with Gasteiger partial charge in [0, 0.05) is 39.8 Å². The van der Waals surface area contributed by atoms with Gasteiger partial charge in [-0.3, -0.25) is 9.79 Å². The van der Waals surface area contributed by atoms with Crippen LogP contribution in [0.25, 0.3) is 0 Å². The van der Waals surface area contributed by atoms with Gasteiger partial charge in [0.05, 0.1) is 14.2 Å². The van der Waals surface area contributed by atoms with Crippen molar-refractivity contribution in [2.45, 2.75) is 12.8 Å². The lowest BCUT2D eigenvalue weighted by atomic mass is 10.1. The van der Waals surface area contributed by atoms with Crippen LogP contribution >= 0.6 is 0 Å². The van der Waals surface area contributed by atoms with Crippen molar-refractivity contribution in [3.8, 4) is 11.5 Å². The molecule has 2 aromatic carbocycles. The maximum absolute atomic E-state index is 12.1. The van der Waals surface area contributed by atoms with Gasteiger partial charge in [0.15, 0.2) is 17.5 Å². The molecular weight excluding hydrogens is 380 g/mol. The van der Waals surface area contributed by atoms with E-state index >= 15 is 0 Å². The van der Waals surface area contributed by atoms with Gasteiger partial charge >= 0.3 is 0 Å². The quantitative estimate of drug-likeness (QED) is 0.489. The Hall–Kier alpha value is -3.22. The fraction of sp³-hybridized carbons (Fsp3) is 0.391. The first-order valence-electron chi connectivity index (χ1n) is 9.94. The van der Waals surface area contributed by atoms with E-state index in [0.29, 0.717) is 5.56 Å². The number of hydrogen-bond donors (Lipinski definition) is 2. The molecule has 2 N–H and O–H groups in total. The van der Waals surface area contributed by atoms with E-state index in [1.165, 1.54) is 0 Å². The van der Waals surface area contributed by atoms with Gasteiger partial charge in [-0.15, -0.1) is 0 Å². The molecule has 0 atom stereocenters. The smallest absolute Gasteiger partial charge is 0.253 e. The van der Waals surface area contributed by atoms with Crippen molar-refractivity contribution in [1.82, 2.24) is 15.5 Å². The molecule has 0 radical (unpaired) electrons. The van der Waals surface area contributed by atoms with Crippen LogP contribution in [0.5, 0.6) is 11.5 Å². The summed E-state index contributed by atoms with van der Waals surface area (Å²) in [4.78, 5) is 18.0. The van der Waals surface area contributed by atoms with E-state index in [4.69, 9.17) is 9.47 Å². The first kappa shape index (κ1) is 23.1. The summed E-state index contributed by atoms with van der Waals surface area (Å²) < 4.78 is 10.6. The zero-order valence-corrected chi connectivity index (χ0v) is 18.5. The average Bonchev–Trinajstić information content (AvgIpc) is 2.77. The highest BCUT2D eigenvalue weighted by molar-refractivity contribution is 5.94. The van der Waals surface area contributed by atoms with Gasteiger partial charge in [-0.25, -0.2) is 0 Å². The van der Waals surface area contributed by atoms with Crippen molar-refractivity contribution in [2.24, 2.45) is 4.99 Å². The molecule has 2 aromatic rings. The third-order valence-electron chi connectivity index (χ3n) is 4.66. The summed E-state index contributed by atoms with van der Waals surface area (Å²) in [5, 5.41) is 6.64. The molecular formula is C23H32N4O3. The highest BCUT2D eigenvalue weighted by atomic mass is 16.5. The lowest BCUT2D eigenvalue weighted by molar-refractivity contribution is 0.0827. The minimum absolute atomic E-state index is 0.0115. The number of carbonyl (C=O) groups is 1. The SMILES string of the molecule is CN=C(NCCc1cccc(C(=O)N(C)C)c1)NCCc1ccc(OC)c(OC)c1. The summed E-state index contributed by atoms with van der Waals surface area (Å²) in [7, 11) is 8.54. The van der Waals surface area contributed by atoms with Crippen molar-refractivity contribution >= 4 is 11.9 Å². The van der Waals surface area contributed by atoms with Gasteiger partial charge < -0.3 is 25.0 Å². The number of methoxy groups -OCH3 is 2. The molecule has 0 aliphatic heterocycles. The minimum Gasteiger partial charge on any atom is -0.493 e. The molecule has 0 aliphatic rings. The molecule has 0 spiro atoms. The average molecular weight is 413 g/mol. The van der Waals surface area contributed by atoms with Crippen LogP contribution in [0.15, 0.2) is 47.5 Å². The number of hydrogen-bond acceptors (Lipinski definition) is 4. The predicted octanol–water partition coefficient (Wildman–Crippen LogP) is 2.36. The molecule has 1 amide bonds. The number of rotatable bonds is 9. The van der Waals surface area contributed by atoms with Gasteiger partial charge in [0.2, 0.25) is 0 Å². The van der Waals surface area contributed by atoms with Crippen molar-refractivity contribution in [3.05, 3.63) is 59.2 Å². The lowest BCUT2D eigenvalue weighted by Crippen LogP contribution is -2.39. The monoisotopic (exact) mass is 412 g/mol. The molecule has 0 saturated carbocycles. The van der Waals surface area contributed by atoms with Crippen molar-refractivity contribution in [3.63, 3.8) is 0 Å². The van der Waals surface area contributed by atoms with Gasteiger partial charge in [0.1, 0.15) is 0 Å². The minimum atomic E-state index is 0.0115. The maximum atomic E-state index is 12.1. The second-order valence-corrected chi connectivity index (χ2v) is 7.02. The summed E-state index contributed by atoms with van der Waals surface area (Å²) in [6, 6.07) is 13.7. The third-order valence-corrected chi connectivity index (χ3v) is 4.66. The fourth-order valence-corrected chi connectivity index (χ4v) is 3.03. The Morgan fingerprint density at radius 2 is 1.57 bits per heavy atom. The normalized spacial score (nSPS) is 11.0. The van der Waals surface area contributed by atoms with Crippen LogP contribution in [0.1, 0.15) is 21.5 Å². The van der Waals surface area contributed by atoms with Crippen LogP contribution in [-0.4, -0.2) is 65.2 Å². The molecule has 0 unspecified atom stereocenters. The maximum Gasteiger partial charge on any atom is 0.253 e. The van der Waals surface area contributed by atoms with Gasteiger partial charge in [-0.1, -0.05) is 18.2 Å². The number of nitrogens with zero attached hydrogens (tertiary/aromatic N) is 2. The molecule has 2 rings (SSSR count). The lowest BCUT2D eigenvalue weighted by Gasteiger charge is -2.14. The Morgan fingerprint density at radius 1 is 0.933 bits per heavy atom. The van der Waals surface area contributed by atoms with Crippen LogP contribution in [0.2, 0.25) is 0 Å². The van der Waals surface area contributed by atoms with E-state index in [1.54, 1.807) is 40.3 Å². The molecule has 0 fully saturated rings. The van der Waals surface area contributed by atoms with Crippen molar-refractivity contribution in [1.29, 1.82) is 0 Å². The molecule has 0 heterocycles. The van der Waals surface area contributed by atoms with Crippen molar-refractivity contribution in [2.75, 3.05) is 48.5 Å². The fourth-order valence-electron chi connectivity index (χ4n) is 3.03. The largest absolute Gasteiger partial charge is 0.493 e. The standard InChI is InChI=1S/C23H32N4O3/c1-24-23(26-14-12-18-9-10-20(29-4)21(16-18)30-5)25-13-11-17-7-6-8-19(15-17)22(28)27(2)3/h6-10,15-16H,11-14H2,1-5H3,(H2,24,25,26). The Bertz CT molecular complexity index is 865. The highest BCUT2D eigenvalue weighted by Crippen LogP contribution is 2.27. The van der Waals surface area contributed by atoms with E-state index in [1.807, 2.05) is 42.5 Å². The number of guanidine groups is 1. The van der Waals surface area contributed by atoms with E-state index in [0.717, 1.165) is 54.5 Å². The highest BCUT2D eigenvalue weighted by Gasteiger charge is 2.08. The zero-order valence-electron chi connectivity index (χ0n) is 18.5. The molecule has 7 heteroatoms. The molecule has 0 aromatic heterocycles. The van der Waals surface area contributed by atoms with E-state index in [-0.39, 0.29) is 5.91 Å². The van der Waals surface area contributed by atoms with Gasteiger partial charge in [0.25, 0.3) is 5.91 Å². The van der Waals surface area contributed by atoms with Crippen molar-refractivity contribution < 1.29 is 14.3 Å². The molecule has 0 saturated heterocycles. The molecule has 0 aliphatic carbocycles. The summed E-state index contributed by atoms with van der Waals surface area (Å²) in [6.07, 6.45) is 1.63. The van der Waals surface area contributed by atoms with Crippen LogP contribution in [-0.2, 0) is 12.8 Å². The Kier molecular flexibility index (Phi) is 9.00. The number of benzene rings is 2. The number of carbonyl (C=O) groups excluding carboxylic acids is 1. The summed E-state index contributed by atoms with van der Waals surface area (Å²) in [5.41, 5.74) is 2.96. The Balaban J connectivity index is 1.80. The second kappa shape index (κ2) is 11.7. The third kappa shape index (κ3) is 6.69. The second-order valence-electron chi connectivity index (χ2n) is 7.02. The van der Waals surface area contributed by atoms with Gasteiger partial charge in [-0.2, -0.15) is 0 Å². The summed E-state index contributed by atoms with van der Waals surface area (Å²) >= 11 is 0. The first-order valence-corrected chi connectivity index (χ1v) is 9.94. The number of aliphatic imine (C=N–C) groups is 1. The van der Waals surface area contributed by atoms with Crippen LogP contribution in [0.4, 0.5) is 0 Å². The van der Waals surface area contributed by atoms with E-state index in [9.17, 15) is 4.79 Å². The molecule has 0 bridgehead atoms. The summed E-state index contributed by atoms with van der Waals surface area (Å²) in [5.74, 6) is 2.21. The molecule has 162 valence electrons. The van der Waals surface area contributed by atoms with Gasteiger partial charge in [-0.05, 0) is 48.2 Å². The van der Waals surface area contributed by atoms with Crippen LogP contribution < -0.4 is 20.1 Å². The van der Waals surface area contributed by atoms with Crippen LogP contribution in [0, 0.1) is 0 Å². The summed E-state index contributed by atoms with van der Waals surface area (Å²) in [6.45, 7) is 1.46. The van der Waals surface area contributed by atoms with Crippen LogP contribution in [0.3, 0.4) is 0 Å². The number of amides is 1. The zero-order chi connectivity index (χ0) is 21.9. The first-order chi connectivity index (χ1) is 14.5. The molecule has 7 nitrogen and oxygen atoms in total. The van der Waals surface area contributed by atoms with E-state index < -0.39 is 0 Å². The Morgan fingerprint density at radius 3 is 2.13 bits per heavy atom. The predicted molar refractivity (Wildman–Crippen MR) is 121 cm³/mol. The number of ether oxygens (including phenoxy) is 2. The Labute approximate surface area is 179 Å². The van der Waals surface area contributed by atoms with E-state index in [2.05, 4.69) is 15.6 Å².